The number of carbonyl (C=O) groups is 1. The molecule has 4 rings (SSSR count). The third kappa shape index (κ3) is 2.96. The largest absolute Gasteiger partial charge is 0.369 e. The van der Waals surface area contributed by atoms with Crippen molar-refractivity contribution in [1.29, 1.82) is 0 Å². The summed E-state index contributed by atoms with van der Waals surface area (Å²) in [5.74, 6) is 0.277. The lowest BCUT2D eigenvalue weighted by atomic mass is 9.97. The molecule has 1 aromatic carbocycles. The first-order valence-electron chi connectivity index (χ1n) is 7.89. The van der Waals surface area contributed by atoms with Crippen molar-refractivity contribution in [2.24, 2.45) is 7.05 Å². The summed E-state index contributed by atoms with van der Waals surface area (Å²) in [5, 5.41) is 10.3. The number of carbonyl (C=O) groups excluding carboxylic acids is 1. The van der Waals surface area contributed by atoms with Gasteiger partial charge in [0, 0.05) is 36.8 Å². The van der Waals surface area contributed by atoms with Crippen LogP contribution in [-0.4, -0.2) is 27.2 Å². The van der Waals surface area contributed by atoms with Crippen molar-refractivity contribution < 1.29 is 9.18 Å². The summed E-state index contributed by atoms with van der Waals surface area (Å²) in [6.07, 6.45) is 5.43. The van der Waals surface area contributed by atoms with Gasteiger partial charge in [-0.05, 0) is 35.9 Å². The summed E-state index contributed by atoms with van der Waals surface area (Å²) in [6, 6.07) is 7.34. The van der Waals surface area contributed by atoms with Gasteiger partial charge in [-0.1, -0.05) is 0 Å². The number of nitrogens with zero attached hydrogens (tertiary/aromatic N) is 3. The number of hydrogen-bond acceptors (Lipinski definition) is 4. The van der Waals surface area contributed by atoms with Crippen LogP contribution in [-0.2, 0) is 7.05 Å². The molecule has 3 heterocycles. The van der Waals surface area contributed by atoms with Gasteiger partial charge in [0.15, 0.2) is 0 Å². The van der Waals surface area contributed by atoms with Gasteiger partial charge in [-0.15, -0.1) is 0 Å². The van der Waals surface area contributed by atoms with E-state index in [4.69, 9.17) is 0 Å². The van der Waals surface area contributed by atoms with Crippen molar-refractivity contribution >= 4 is 17.4 Å². The number of anilines is 2. The van der Waals surface area contributed by atoms with E-state index in [1.54, 1.807) is 10.9 Å². The van der Waals surface area contributed by atoms with E-state index in [0.717, 1.165) is 23.5 Å². The molecule has 0 radical (unpaired) electrons. The quantitative estimate of drug-likeness (QED) is 0.771. The fourth-order valence-corrected chi connectivity index (χ4v) is 2.99. The normalized spacial score (nSPS) is 15.5. The van der Waals surface area contributed by atoms with E-state index in [9.17, 15) is 9.18 Å². The topological polar surface area (TPSA) is 71.8 Å². The monoisotopic (exact) mass is 337 g/mol. The number of benzene rings is 1. The number of hydrogen-bond donors (Lipinski definition) is 2. The van der Waals surface area contributed by atoms with Crippen molar-refractivity contribution in [3.8, 4) is 0 Å². The number of pyridine rings is 1. The third-order valence-corrected chi connectivity index (χ3v) is 4.26. The molecule has 126 valence electrons. The number of aryl methyl sites for hydroxylation is 1. The lowest BCUT2D eigenvalue weighted by molar-refractivity contribution is 0.102. The highest BCUT2D eigenvalue weighted by molar-refractivity contribution is 6.04. The van der Waals surface area contributed by atoms with Crippen molar-refractivity contribution in [3.05, 3.63) is 71.4 Å². The van der Waals surface area contributed by atoms with E-state index in [2.05, 4.69) is 20.7 Å². The lowest BCUT2D eigenvalue weighted by Crippen LogP contribution is -2.12. The van der Waals surface area contributed by atoms with Crippen LogP contribution in [0.5, 0.6) is 0 Å². The lowest BCUT2D eigenvalue weighted by Gasteiger charge is -2.10. The molecule has 0 saturated heterocycles. The number of halogens is 1. The molecule has 1 amide bonds. The average Bonchev–Trinajstić information content (AvgIpc) is 3.21. The SMILES string of the molecule is Cn1cc(C2CNc3ncc(NC(=O)c4ccc(F)cc4)cc32)cn1. The standard InChI is InChI=1S/C18H16FN5O/c1-24-10-12(7-22-24)16-9-21-17-15(16)6-14(8-20-17)23-18(25)11-2-4-13(19)5-3-11/h2-8,10,16H,9H2,1H3,(H,20,21)(H,23,25). The molecule has 25 heavy (non-hydrogen) atoms. The van der Waals surface area contributed by atoms with Gasteiger partial charge < -0.3 is 10.6 Å². The van der Waals surface area contributed by atoms with Gasteiger partial charge in [0.05, 0.1) is 18.1 Å². The van der Waals surface area contributed by atoms with Crippen LogP contribution in [0.3, 0.4) is 0 Å². The van der Waals surface area contributed by atoms with Crippen LogP contribution in [0.2, 0.25) is 0 Å². The molecule has 1 aliphatic heterocycles. The van der Waals surface area contributed by atoms with Gasteiger partial charge in [0.1, 0.15) is 11.6 Å². The van der Waals surface area contributed by atoms with Crippen LogP contribution in [0, 0.1) is 5.82 Å². The highest BCUT2D eigenvalue weighted by Crippen LogP contribution is 2.36. The zero-order valence-corrected chi connectivity index (χ0v) is 13.5. The highest BCUT2D eigenvalue weighted by Gasteiger charge is 2.26. The minimum absolute atomic E-state index is 0.138. The van der Waals surface area contributed by atoms with Gasteiger partial charge in [-0.2, -0.15) is 5.10 Å². The second-order valence-corrected chi connectivity index (χ2v) is 6.00. The first-order valence-corrected chi connectivity index (χ1v) is 7.89. The van der Waals surface area contributed by atoms with E-state index in [1.807, 2.05) is 25.5 Å². The van der Waals surface area contributed by atoms with Crippen molar-refractivity contribution in [2.45, 2.75) is 5.92 Å². The minimum Gasteiger partial charge on any atom is -0.369 e. The zero-order chi connectivity index (χ0) is 17.4. The molecular formula is C18H16FN5O. The fraction of sp³-hybridized carbons (Fsp3) is 0.167. The molecule has 7 heteroatoms. The molecule has 1 atom stereocenters. The summed E-state index contributed by atoms with van der Waals surface area (Å²) in [5.41, 5.74) is 3.11. The summed E-state index contributed by atoms with van der Waals surface area (Å²) in [7, 11) is 1.88. The van der Waals surface area contributed by atoms with E-state index in [-0.39, 0.29) is 17.6 Å². The highest BCUT2D eigenvalue weighted by atomic mass is 19.1. The molecule has 0 saturated carbocycles. The molecule has 1 aliphatic rings. The molecule has 1 unspecified atom stereocenters. The molecule has 0 aliphatic carbocycles. The van der Waals surface area contributed by atoms with Gasteiger partial charge in [0.2, 0.25) is 0 Å². The average molecular weight is 337 g/mol. The van der Waals surface area contributed by atoms with Crippen LogP contribution in [0.4, 0.5) is 15.9 Å². The Labute approximate surface area is 143 Å². The molecule has 0 fully saturated rings. The second kappa shape index (κ2) is 6.01. The molecule has 2 aromatic heterocycles. The predicted molar refractivity (Wildman–Crippen MR) is 92.1 cm³/mol. The Morgan fingerprint density at radius 3 is 2.84 bits per heavy atom. The number of aromatic nitrogens is 3. The number of fused-ring (bicyclic) bond motifs is 1. The van der Waals surface area contributed by atoms with Crippen molar-refractivity contribution in [2.75, 3.05) is 17.2 Å². The van der Waals surface area contributed by atoms with Crippen LogP contribution in [0.15, 0.2) is 48.9 Å². The van der Waals surface area contributed by atoms with Gasteiger partial charge in [0.25, 0.3) is 5.91 Å². The number of amides is 1. The maximum Gasteiger partial charge on any atom is 0.255 e. The molecule has 0 spiro atoms. The fourth-order valence-electron chi connectivity index (χ4n) is 2.99. The number of rotatable bonds is 3. The summed E-state index contributed by atoms with van der Waals surface area (Å²) in [6.45, 7) is 0.739. The van der Waals surface area contributed by atoms with Crippen molar-refractivity contribution in [3.63, 3.8) is 0 Å². The second-order valence-electron chi connectivity index (χ2n) is 6.00. The Kier molecular flexibility index (Phi) is 3.68. The van der Waals surface area contributed by atoms with Crippen molar-refractivity contribution in [1.82, 2.24) is 14.8 Å². The summed E-state index contributed by atoms with van der Waals surface area (Å²) in [4.78, 5) is 16.7. The summed E-state index contributed by atoms with van der Waals surface area (Å²) < 4.78 is 14.7. The molecule has 6 nitrogen and oxygen atoms in total. The van der Waals surface area contributed by atoms with Gasteiger partial charge >= 0.3 is 0 Å². The minimum atomic E-state index is -0.374. The van der Waals surface area contributed by atoms with Crippen LogP contribution in [0.25, 0.3) is 0 Å². The van der Waals surface area contributed by atoms with E-state index in [0.29, 0.717) is 11.3 Å². The van der Waals surface area contributed by atoms with E-state index >= 15 is 0 Å². The van der Waals surface area contributed by atoms with Crippen LogP contribution >= 0.6 is 0 Å². The Morgan fingerprint density at radius 2 is 2.12 bits per heavy atom. The predicted octanol–water partition coefficient (Wildman–Crippen LogP) is 2.76. The molecule has 3 aromatic rings. The van der Waals surface area contributed by atoms with E-state index in [1.165, 1.54) is 24.3 Å². The third-order valence-electron chi connectivity index (χ3n) is 4.26. The maximum atomic E-state index is 13.0. The Balaban J connectivity index is 1.58. The van der Waals surface area contributed by atoms with Gasteiger partial charge in [-0.25, -0.2) is 9.37 Å². The smallest absolute Gasteiger partial charge is 0.255 e. The first-order chi connectivity index (χ1) is 12.1. The van der Waals surface area contributed by atoms with E-state index < -0.39 is 0 Å². The molecule has 0 bridgehead atoms. The molecule has 2 N–H and O–H groups in total. The Bertz CT molecular complexity index is 935. The molecular weight excluding hydrogens is 321 g/mol. The zero-order valence-electron chi connectivity index (χ0n) is 13.5. The van der Waals surface area contributed by atoms with Gasteiger partial charge in [-0.3, -0.25) is 9.48 Å². The Morgan fingerprint density at radius 1 is 1.32 bits per heavy atom. The number of nitrogens with one attached hydrogen (secondary N) is 2. The summed E-state index contributed by atoms with van der Waals surface area (Å²) >= 11 is 0. The maximum absolute atomic E-state index is 13.0. The Hall–Kier alpha value is -3.22. The van der Waals surface area contributed by atoms with Crippen LogP contribution in [0.1, 0.15) is 27.4 Å². The van der Waals surface area contributed by atoms with Crippen LogP contribution < -0.4 is 10.6 Å². The first kappa shape index (κ1) is 15.3.